The molecule has 0 aliphatic carbocycles. The lowest BCUT2D eigenvalue weighted by Crippen LogP contribution is -2.41. The zero-order chi connectivity index (χ0) is 15.9. The van der Waals surface area contributed by atoms with Crippen LogP contribution in [-0.4, -0.2) is 65.0 Å². The number of hydrogen-bond donors (Lipinski definition) is 2. The van der Waals surface area contributed by atoms with Crippen LogP contribution in [0, 0.1) is 0 Å². The Kier molecular flexibility index (Phi) is 6.59. The summed E-state index contributed by atoms with van der Waals surface area (Å²) >= 11 is 2.74. The molecular formula is C13H18FN3O3S2. The summed E-state index contributed by atoms with van der Waals surface area (Å²) in [5.74, 6) is -0.243. The van der Waals surface area contributed by atoms with Crippen LogP contribution in [-0.2, 0) is 4.79 Å². The largest absolute Gasteiger partial charge is 0.476 e. The number of rotatable bonds is 9. The first-order chi connectivity index (χ1) is 10.6. The van der Waals surface area contributed by atoms with Gasteiger partial charge in [0.05, 0.1) is 0 Å². The third-order valence-electron chi connectivity index (χ3n) is 3.36. The van der Waals surface area contributed by atoms with Gasteiger partial charge in [0.25, 0.3) is 0 Å². The van der Waals surface area contributed by atoms with Gasteiger partial charge in [-0.15, -0.1) is 11.3 Å². The molecule has 1 fully saturated rings. The number of thiazole rings is 1. The quantitative estimate of drug-likeness (QED) is 0.520. The van der Waals surface area contributed by atoms with E-state index < -0.39 is 12.6 Å². The fraction of sp³-hybridized carbons (Fsp3) is 0.615. The summed E-state index contributed by atoms with van der Waals surface area (Å²) in [4.78, 5) is 28.5. The minimum absolute atomic E-state index is 0.0537. The Morgan fingerprint density at radius 3 is 3.14 bits per heavy atom. The van der Waals surface area contributed by atoms with E-state index in [-0.39, 0.29) is 17.6 Å². The molecule has 2 N–H and O–H groups in total. The number of halogens is 1. The molecule has 1 atom stereocenters. The van der Waals surface area contributed by atoms with E-state index in [2.05, 4.69) is 10.3 Å². The van der Waals surface area contributed by atoms with Gasteiger partial charge in [0.1, 0.15) is 6.67 Å². The molecule has 2 heterocycles. The van der Waals surface area contributed by atoms with Gasteiger partial charge in [-0.2, -0.15) is 0 Å². The third kappa shape index (κ3) is 4.65. The average molecular weight is 347 g/mol. The Morgan fingerprint density at radius 2 is 2.45 bits per heavy atom. The molecule has 122 valence electrons. The van der Waals surface area contributed by atoms with Gasteiger partial charge in [-0.3, -0.25) is 4.79 Å². The summed E-state index contributed by atoms with van der Waals surface area (Å²) in [7, 11) is 0. The standard InChI is InChI=1S/C13H18FN3O3S2/c14-3-4-15-7-9-1-2-11(18)17(9)5-6-21-13-16-10(8-22-13)12(19)20/h8-9,15H,1-7H2,(H,19,20). The molecule has 1 saturated heterocycles. The topological polar surface area (TPSA) is 82.5 Å². The molecule has 0 bridgehead atoms. The second kappa shape index (κ2) is 8.44. The number of carboxylic acids is 1. The maximum Gasteiger partial charge on any atom is 0.355 e. The predicted octanol–water partition coefficient (Wildman–Crippen LogP) is 1.48. The SMILES string of the molecule is O=C(O)c1csc(SCCN2C(=O)CCC2CNCCF)n1. The van der Waals surface area contributed by atoms with E-state index in [0.29, 0.717) is 36.1 Å². The second-order valence-electron chi connectivity index (χ2n) is 4.83. The minimum atomic E-state index is -1.03. The molecule has 0 radical (unpaired) electrons. The number of likely N-dealkylation sites (tertiary alicyclic amines) is 1. The molecule has 1 unspecified atom stereocenters. The molecule has 0 spiro atoms. The predicted molar refractivity (Wildman–Crippen MR) is 83.4 cm³/mol. The number of alkyl halides is 1. The zero-order valence-corrected chi connectivity index (χ0v) is 13.6. The molecule has 1 aromatic heterocycles. The summed E-state index contributed by atoms with van der Waals surface area (Å²) in [6, 6.07) is 0.116. The van der Waals surface area contributed by atoms with Gasteiger partial charge in [0.2, 0.25) is 5.91 Å². The smallest absolute Gasteiger partial charge is 0.355 e. The van der Waals surface area contributed by atoms with E-state index in [1.54, 1.807) is 0 Å². The third-order valence-corrected chi connectivity index (χ3v) is 5.36. The van der Waals surface area contributed by atoms with Crippen molar-refractivity contribution in [3.05, 3.63) is 11.1 Å². The van der Waals surface area contributed by atoms with Crippen LogP contribution < -0.4 is 5.32 Å². The number of aromatic carboxylic acids is 1. The monoisotopic (exact) mass is 347 g/mol. The number of nitrogens with one attached hydrogen (secondary N) is 1. The molecule has 1 aliphatic rings. The van der Waals surface area contributed by atoms with Gasteiger partial charge in [0.15, 0.2) is 10.0 Å². The van der Waals surface area contributed by atoms with Crippen molar-refractivity contribution < 1.29 is 19.1 Å². The number of carbonyl (C=O) groups excluding carboxylic acids is 1. The molecule has 0 saturated carbocycles. The molecule has 9 heteroatoms. The van der Waals surface area contributed by atoms with Crippen LogP contribution in [0.25, 0.3) is 0 Å². The van der Waals surface area contributed by atoms with Crippen LogP contribution in [0.4, 0.5) is 4.39 Å². The van der Waals surface area contributed by atoms with E-state index in [1.165, 1.54) is 28.5 Å². The lowest BCUT2D eigenvalue weighted by Gasteiger charge is -2.24. The van der Waals surface area contributed by atoms with Crippen molar-refractivity contribution >= 4 is 35.0 Å². The Balaban J connectivity index is 1.78. The fourth-order valence-corrected chi connectivity index (χ4v) is 4.11. The normalized spacial score (nSPS) is 18.1. The maximum atomic E-state index is 12.1. The van der Waals surface area contributed by atoms with E-state index in [4.69, 9.17) is 5.11 Å². The van der Waals surface area contributed by atoms with Crippen LogP contribution in [0.3, 0.4) is 0 Å². The summed E-state index contributed by atoms with van der Waals surface area (Å²) < 4.78 is 12.8. The Hall–Kier alpha value is -1.19. The lowest BCUT2D eigenvalue weighted by atomic mass is 10.2. The van der Waals surface area contributed by atoms with Crippen LogP contribution in [0.2, 0.25) is 0 Å². The highest BCUT2D eigenvalue weighted by Gasteiger charge is 2.30. The first-order valence-corrected chi connectivity index (χ1v) is 8.86. The van der Waals surface area contributed by atoms with Crippen molar-refractivity contribution in [2.24, 2.45) is 0 Å². The number of carbonyl (C=O) groups is 2. The number of nitrogens with zero attached hydrogens (tertiary/aromatic N) is 2. The Labute approximate surface area is 136 Å². The van der Waals surface area contributed by atoms with E-state index in [1.807, 2.05) is 4.90 Å². The fourth-order valence-electron chi connectivity index (χ4n) is 2.30. The Bertz CT molecular complexity index is 526. The van der Waals surface area contributed by atoms with Crippen molar-refractivity contribution in [1.29, 1.82) is 0 Å². The van der Waals surface area contributed by atoms with Crippen molar-refractivity contribution in [3.8, 4) is 0 Å². The first-order valence-electron chi connectivity index (χ1n) is 6.99. The van der Waals surface area contributed by atoms with E-state index in [0.717, 1.165) is 6.42 Å². The van der Waals surface area contributed by atoms with Gasteiger partial charge in [-0.05, 0) is 6.42 Å². The lowest BCUT2D eigenvalue weighted by molar-refractivity contribution is -0.128. The molecular weight excluding hydrogens is 329 g/mol. The molecule has 0 aromatic carbocycles. The highest BCUT2D eigenvalue weighted by Crippen LogP contribution is 2.24. The summed E-state index contributed by atoms with van der Waals surface area (Å²) in [5, 5.41) is 13.3. The highest BCUT2D eigenvalue weighted by molar-refractivity contribution is 8.01. The number of amides is 1. The summed E-state index contributed by atoms with van der Waals surface area (Å²) in [6.07, 6.45) is 1.33. The highest BCUT2D eigenvalue weighted by atomic mass is 32.2. The number of hydrogen-bond acceptors (Lipinski definition) is 6. The van der Waals surface area contributed by atoms with Crippen LogP contribution in [0.5, 0.6) is 0 Å². The molecule has 1 aromatic rings. The minimum Gasteiger partial charge on any atom is -0.476 e. The molecule has 1 amide bonds. The van der Waals surface area contributed by atoms with Crippen LogP contribution in [0.15, 0.2) is 9.72 Å². The average Bonchev–Trinajstić information content (AvgIpc) is 3.09. The van der Waals surface area contributed by atoms with Gasteiger partial charge >= 0.3 is 5.97 Å². The van der Waals surface area contributed by atoms with Crippen molar-refractivity contribution in [3.63, 3.8) is 0 Å². The van der Waals surface area contributed by atoms with E-state index in [9.17, 15) is 14.0 Å². The Morgan fingerprint density at radius 1 is 1.64 bits per heavy atom. The number of thioether (sulfide) groups is 1. The zero-order valence-electron chi connectivity index (χ0n) is 12.0. The van der Waals surface area contributed by atoms with Gasteiger partial charge in [-0.25, -0.2) is 14.2 Å². The van der Waals surface area contributed by atoms with Gasteiger partial charge in [0, 0.05) is 43.2 Å². The van der Waals surface area contributed by atoms with Crippen molar-refractivity contribution in [1.82, 2.24) is 15.2 Å². The number of carboxylic acid groups (broad SMARTS) is 1. The first kappa shape index (κ1) is 17.2. The van der Waals surface area contributed by atoms with Crippen molar-refractivity contribution in [2.45, 2.75) is 23.2 Å². The number of aromatic nitrogens is 1. The second-order valence-corrected chi connectivity index (χ2v) is 7.03. The van der Waals surface area contributed by atoms with Gasteiger partial charge < -0.3 is 15.3 Å². The van der Waals surface area contributed by atoms with Crippen LogP contribution >= 0.6 is 23.1 Å². The molecule has 2 rings (SSSR count). The summed E-state index contributed by atoms with van der Waals surface area (Å²) in [5.41, 5.74) is 0.0537. The molecule has 1 aliphatic heterocycles. The van der Waals surface area contributed by atoms with Crippen molar-refractivity contribution in [2.75, 3.05) is 32.1 Å². The maximum absolute atomic E-state index is 12.1. The molecule has 6 nitrogen and oxygen atoms in total. The van der Waals surface area contributed by atoms with Gasteiger partial charge in [-0.1, -0.05) is 11.8 Å². The van der Waals surface area contributed by atoms with Crippen LogP contribution in [0.1, 0.15) is 23.3 Å². The summed E-state index contributed by atoms with van der Waals surface area (Å²) in [6.45, 7) is 1.10. The molecule has 22 heavy (non-hydrogen) atoms. The van der Waals surface area contributed by atoms with E-state index >= 15 is 0 Å².